The molecule has 1 amide bonds. The van der Waals surface area contributed by atoms with Crippen molar-refractivity contribution in [3.63, 3.8) is 0 Å². The number of fused-ring (bicyclic) bond motifs is 1. The van der Waals surface area contributed by atoms with E-state index in [-0.39, 0.29) is 11.4 Å². The zero-order chi connectivity index (χ0) is 24.4. The Morgan fingerprint density at radius 1 is 1.09 bits per heavy atom. The van der Waals surface area contributed by atoms with Crippen molar-refractivity contribution in [2.45, 2.75) is 64.5 Å². The van der Waals surface area contributed by atoms with Gasteiger partial charge in [0.25, 0.3) is 5.91 Å². The van der Waals surface area contributed by atoms with E-state index in [2.05, 4.69) is 51.9 Å². The molecule has 2 fully saturated rings. The smallest absolute Gasteiger partial charge is 0.253 e. The lowest BCUT2D eigenvalue weighted by molar-refractivity contribution is 0.000839. The van der Waals surface area contributed by atoms with Gasteiger partial charge < -0.3 is 5.32 Å². The highest BCUT2D eigenvalue weighted by Crippen LogP contribution is 2.35. The number of carbonyl (C=O) groups excluding carboxylic acids is 1. The van der Waals surface area contributed by atoms with E-state index in [0.717, 1.165) is 55.5 Å². The van der Waals surface area contributed by atoms with E-state index in [1.54, 1.807) is 18.6 Å². The number of nitrogens with one attached hydrogen (secondary N) is 1. The summed E-state index contributed by atoms with van der Waals surface area (Å²) in [7, 11) is 0. The maximum atomic E-state index is 13.7. The average Bonchev–Trinajstić information content (AvgIpc) is 3.30. The van der Waals surface area contributed by atoms with Crippen LogP contribution in [-0.2, 0) is 0 Å². The first-order valence-electron chi connectivity index (χ1n) is 13.1. The number of aromatic nitrogens is 3. The van der Waals surface area contributed by atoms with E-state index in [4.69, 9.17) is 0 Å². The molecule has 35 heavy (non-hydrogen) atoms. The van der Waals surface area contributed by atoms with Crippen molar-refractivity contribution >= 4 is 16.8 Å². The fourth-order valence-electron chi connectivity index (χ4n) is 6.11. The quantitative estimate of drug-likeness (QED) is 0.580. The van der Waals surface area contributed by atoms with E-state index in [9.17, 15) is 4.79 Å². The molecule has 1 aromatic carbocycles. The lowest BCUT2D eigenvalue weighted by Gasteiger charge is -2.50. The van der Waals surface area contributed by atoms with Gasteiger partial charge >= 0.3 is 0 Å². The van der Waals surface area contributed by atoms with Gasteiger partial charge in [-0.3, -0.25) is 24.1 Å². The Labute approximate surface area is 208 Å². The highest BCUT2D eigenvalue weighted by atomic mass is 16.1. The van der Waals surface area contributed by atoms with Gasteiger partial charge in [0.1, 0.15) is 0 Å². The molecule has 7 nitrogen and oxygen atoms in total. The summed E-state index contributed by atoms with van der Waals surface area (Å²) in [5, 5.41) is 4.37. The van der Waals surface area contributed by atoms with E-state index in [1.165, 1.54) is 19.3 Å². The van der Waals surface area contributed by atoms with E-state index >= 15 is 0 Å². The lowest BCUT2D eigenvalue weighted by Crippen LogP contribution is -2.62. The lowest BCUT2D eigenvalue weighted by atomic mass is 9.79. The molecule has 1 saturated carbocycles. The number of benzene rings is 1. The van der Waals surface area contributed by atoms with Gasteiger partial charge in [0.15, 0.2) is 5.82 Å². The number of hydrogen-bond acceptors (Lipinski definition) is 5. The van der Waals surface area contributed by atoms with Crippen molar-refractivity contribution in [3.05, 3.63) is 54.1 Å². The van der Waals surface area contributed by atoms with E-state index < -0.39 is 0 Å². The van der Waals surface area contributed by atoms with Crippen LogP contribution in [0.5, 0.6) is 0 Å². The predicted octanol–water partition coefficient (Wildman–Crippen LogP) is 4.19. The van der Waals surface area contributed by atoms with Crippen molar-refractivity contribution in [2.75, 3.05) is 32.7 Å². The minimum atomic E-state index is -0.00212. The molecule has 0 spiro atoms. The highest BCUT2D eigenvalue weighted by molar-refractivity contribution is 6.08. The predicted molar refractivity (Wildman–Crippen MR) is 140 cm³/mol. The normalized spacial score (nSPS) is 19.3. The standard InChI is InChI=1S/C28H38N6O/c1-21(2)32-14-16-33(17-15-32)28(10-5-4-6-11-28)20-31-27(35)23-19-34(25-18-29-12-13-30-25)24-9-7-8-22(3)26(23)24/h7-9,12-13,18-19,21H,4-6,10-11,14-17,20H2,1-3H3,(H,31,35). The van der Waals surface area contributed by atoms with Gasteiger partial charge in [0, 0.05) is 68.3 Å². The van der Waals surface area contributed by atoms with Crippen LogP contribution in [-0.4, -0.2) is 74.5 Å². The molecule has 2 aliphatic rings. The first kappa shape index (κ1) is 23.9. The first-order chi connectivity index (χ1) is 17.0. The average molecular weight is 475 g/mol. The molecule has 7 heteroatoms. The molecular weight excluding hydrogens is 436 g/mol. The van der Waals surface area contributed by atoms with Gasteiger partial charge in [-0.25, -0.2) is 4.98 Å². The van der Waals surface area contributed by atoms with Crippen LogP contribution in [0.15, 0.2) is 43.0 Å². The zero-order valence-corrected chi connectivity index (χ0v) is 21.3. The molecule has 1 aliphatic heterocycles. The van der Waals surface area contributed by atoms with Crippen molar-refractivity contribution in [2.24, 2.45) is 0 Å². The molecule has 0 bridgehead atoms. The van der Waals surface area contributed by atoms with Gasteiger partial charge in [-0.15, -0.1) is 0 Å². The summed E-state index contributed by atoms with van der Waals surface area (Å²) in [5.41, 5.74) is 2.84. The van der Waals surface area contributed by atoms with E-state index in [0.29, 0.717) is 24.0 Å². The van der Waals surface area contributed by atoms with Crippen molar-refractivity contribution in [1.82, 2.24) is 29.7 Å². The van der Waals surface area contributed by atoms with Crippen molar-refractivity contribution in [3.8, 4) is 5.82 Å². The van der Waals surface area contributed by atoms with Gasteiger partial charge in [0.05, 0.1) is 17.3 Å². The van der Waals surface area contributed by atoms with Crippen molar-refractivity contribution in [1.29, 1.82) is 0 Å². The molecule has 0 unspecified atom stereocenters. The van der Waals surface area contributed by atoms with Gasteiger partial charge in [-0.05, 0) is 45.2 Å². The third-order valence-electron chi connectivity index (χ3n) is 8.16. The number of amides is 1. The summed E-state index contributed by atoms with van der Waals surface area (Å²) in [4.78, 5) is 27.6. The molecule has 1 saturated heterocycles. The molecule has 0 radical (unpaired) electrons. The number of rotatable bonds is 6. The van der Waals surface area contributed by atoms with Crippen LogP contribution >= 0.6 is 0 Å². The molecule has 3 heterocycles. The monoisotopic (exact) mass is 474 g/mol. The van der Waals surface area contributed by atoms with E-state index in [1.807, 2.05) is 22.9 Å². The molecule has 186 valence electrons. The third-order valence-corrected chi connectivity index (χ3v) is 8.16. The van der Waals surface area contributed by atoms with Crippen LogP contribution in [0.3, 0.4) is 0 Å². The fraction of sp³-hybridized carbons (Fsp3) is 0.536. The van der Waals surface area contributed by atoms with Crippen LogP contribution in [0.1, 0.15) is 61.9 Å². The number of aryl methyl sites for hydroxylation is 1. The minimum Gasteiger partial charge on any atom is -0.350 e. The second-order valence-electron chi connectivity index (χ2n) is 10.5. The Kier molecular flexibility index (Phi) is 6.89. The Morgan fingerprint density at radius 3 is 2.54 bits per heavy atom. The van der Waals surface area contributed by atoms with Crippen molar-refractivity contribution < 1.29 is 4.79 Å². The topological polar surface area (TPSA) is 66.3 Å². The van der Waals surface area contributed by atoms with Crippen LogP contribution in [0.2, 0.25) is 0 Å². The Morgan fingerprint density at radius 2 is 1.86 bits per heavy atom. The number of piperazine rings is 1. The second-order valence-corrected chi connectivity index (χ2v) is 10.5. The highest BCUT2D eigenvalue weighted by Gasteiger charge is 2.40. The molecular formula is C28H38N6O. The number of carbonyl (C=O) groups is 1. The Balaban J connectivity index is 1.39. The van der Waals surface area contributed by atoms with Crippen LogP contribution in [0, 0.1) is 6.92 Å². The molecule has 2 aromatic heterocycles. The number of hydrogen-bond donors (Lipinski definition) is 1. The summed E-state index contributed by atoms with van der Waals surface area (Å²) >= 11 is 0. The summed E-state index contributed by atoms with van der Waals surface area (Å²) in [5.74, 6) is 0.714. The molecule has 1 aliphatic carbocycles. The van der Waals surface area contributed by atoms with Crippen LogP contribution < -0.4 is 5.32 Å². The Bertz CT molecular complexity index is 1160. The summed E-state index contributed by atoms with van der Waals surface area (Å²) in [6.45, 7) is 11.7. The summed E-state index contributed by atoms with van der Waals surface area (Å²) in [6.07, 6.45) is 13.1. The van der Waals surface area contributed by atoms with Gasteiger partial charge in [-0.1, -0.05) is 31.4 Å². The zero-order valence-electron chi connectivity index (χ0n) is 21.3. The SMILES string of the molecule is Cc1cccc2c1c(C(=O)NCC1(N3CCN(C(C)C)CC3)CCCCC1)cn2-c1cnccn1. The molecule has 3 aromatic rings. The molecule has 5 rings (SSSR count). The van der Waals surface area contributed by atoms with Gasteiger partial charge in [0.2, 0.25) is 0 Å². The second kappa shape index (κ2) is 10.1. The maximum absolute atomic E-state index is 13.7. The molecule has 0 atom stereocenters. The molecule has 1 N–H and O–H groups in total. The van der Waals surface area contributed by atoms with Crippen LogP contribution in [0.25, 0.3) is 16.7 Å². The summed E-state index contributed by atoms with van der Waals surface area (Å²) < 4.78 is 1.98. The van der Waals surface area contributed by atoms with Gasteiger partial charge in [-0.2, -0.15) is 0 Å². The Hall–Kier alpha value is -2.77. The third kappa shape index (κ3) is 4.71. The van der Waals surface area contributed by atoms with Crippen LogP contribution in [0.4, 0.5) is 0 Å². The summed E-state index contributed by atoms with van der Waals surface area (Å²) in [6, 6.07) is 6.73. The largest absolute Gasteiger partial charge is 0.350 e. The number of nitrogens with zero attached hydrogens (tertiary/aromatic N) is 5. The fourth-order valence-corrected chi connectivity index (χ4v) is 6.11. The minimum absolute atomic E-state index is 0.00212. The maximum Gasteiger partial charge on any atom is 0.253 e. The first-order valence-corrected chi connectivity index (χ1v) is 13.1.